The molecule has 0 aliphatic heterocycles. The van der Waals surface area contributed by atoms with Crippen LogP contribution in [0.15, 0.2) is 83.8 Å². The zero-order chi connectivity index (χ0) is 26.3. The highest BCUT2D eigenvalue weighted by atomic mass is 32.2. The Bertz CT molecular complexity index is 1320. The summed E-state index contributed by atoms with van der Waals surface area (Å²) in [5.74, 6) is -1.48. The molecule has 0 spiro atoms. The molecule has 1 atom stereocenters. The van der Waals surface area contributed by atoms with Crippen molar-refractivity contribution in [1.82, 2.24) is 10.2 Å². The van der Waals surface area contributed by atoms with Crippen molar-refractivity contribution in [3.63, 3.8) is 0 Å². The molecule has 0 aliphatic carbocycles. The average molecular weight is 514 g/mol. The van der Waals surface area contributed by atoms with Crippen LogP contribution in [0, 0.1) is 5.82 Å². The van der Waals surface area contributed by atoms with Crippen LogP contribution in [-0.4, -0.2) is 51.9 Å². The normalized spacial score (nSPS) is 11.9. The van der Waals surface area contributed by atoms with Gasteiger partial charge in [0, 0.05) is 19.2 Å². The lowest BCUT2D eigenvalue weighted by molar-refractivity contribution is -0.139. The number of anilines is 1. The number of sulfonamides is 1. The number of hydrogen-bond donors (Lipinski definition) is 1. The van der Waals surface area contributed by atoms with Crippen LogP contribution in [0.5, 0.6) is 5.75 Å². The number of likely N-dealkylation sites (N-methyl/N-ethyl adjacent to an activating group) is 1. The summed E-state index contributed by atoms with van der Waals surface area (Å²) in [7, 11) is -1.40. The number of methoxy groups -OCH3 is 1. The first-order chi connectivity index (χ1) is 17.2. The SMILES string of the molecule is CNC(=O)[C@H](C)N(Cc1ccccc1F)C(=O)CN(c1ccccc1OC)S(=O)(=O)c1ccccc1. The summed E-state index contributed by atoms with van der Waals surface area (Å²) >= 11 is 0. The van der Waals surface area contributed by atoms with Crippen LogP contribution >= 0.6 is 0 Å². The van der Waals surface area contributed by atoms with Gasteiger partial charge in [0.25, 0.3) is 10.0 Å². The molecule has 0 fully saturated rings. The molecular weight excluding hydrogens is 485 g/mol. The third-order valence-electron chi connectivity index (χ3n) is 5.68. The highest BCUT2D eigenvalue weighted by molar-refractivity contribution is 7.92. The summed E-state index contributed by atoms with van der Waals surface area (Å²) in [5.41, 5.74) is 0.340. The van der Waals surface area contributed by atoms with E-state index in [1.54, 1.807) is 42.5 Å². The number of carbonyl (C=O) groups is 2. The third kappa shape index (κ3) is 5.83. The lowest BCUT2D eigenvalue weighted by atomic mass is 10.1. The van der Waals surface area contributed by atoms with Crippen molar-refractivity contribution in [1.29, 1.82) is 0 Å². The largest absolute Gasteiger partial charge is 0.495 e. The van der Waals surface area contributed by atoms with Crippen LogP contribution < -0.4 is 14.4 Å². The molecule has 0 bridgehead atoms. The second-order valence-corrected chi connectivity index (χ2v) is 9.76. The number of nitrogens with zero attached hydrogens (tertiary/aromatic N) is 2. The molecule has 0 saturated heterocycles. The van der Waals surface area contributed by atoms with E-state index in [1.807, 2.05) is 0 Å². The molecule has 190 valence electrons. The summed E-state index contributed by atoms with van der Waals surface area (Å²) in [4.78, 5) is 27.2. The van der Waals surface area contributed by atoms with Crippen LogP contribution in [0.2, 0.25) is 0 Å². The molecule has 3 aromatic carbocycles. The maximum absolute atomic E-state index is 14.4. The minimum Gasteiger partial charge on any atom is -0.495 e. The molecule has 3 aromatic rings. The highest BCUT2D eigenvalue weighted by Crippen LogP contribution is 2.32. The Balaban J connectivity index is 2.07. The van der Waals surface area contributed by atoms with Crippen LogP contribution in [0.1, 0.15) is 12.5 Å². The molecular formula is C26H28FN3O5S. The lowest BCUT2D eigenvalue weighted by Gasteiger charge is -2.32. The Morgan fingerprint density at radius 1 is 0.972 bits per heavy atom. The van der Waals surface area contributed by atoms with Gasteiger partial charge in [-0.3, -0.25) is 13.9 Å². The zero-order valence-corrected chi connectivity index (χ0v) is 21.0. The van der Waals surface area contributed by atoms with E-state index in [9.17, 15) is 22.4 Å². The summed E-state index contributed by atoms with van der Waals surface area (Å²) < 4.78 is 48.1. The van der Waals surface area contributed by atoms with E-state index in [4.69, 9.17) is 4.74 Å². The topological polar surface area (TPSA) is 96.0 Å². The predicted octanol–water partition coefficient (Wildman–Crippen LogP) is 3.19. The van der Waals surface area contributed by atoms with Gasteiger partial charge in [0.15, 0.2) is 0 Å². The number of para-hydroxylation sites is 2. The van der Waals surface area contributed by atoms with Crippen LogP contribution in [-0.2, 0) is 26.2 Å². The predicted molar refractivity (Wildman–Crippen MR) is 134 cm³/mol. The Morgan fingerprint density at radius 3 is 2.22 bits per heavy atom. The van der Waals surface area contributed by atoms with Gasteiger partial charge in [-0.05, 0) is 37.3 Å². The van der Waals surface area contributed by atoms with E-state index < -0.39 is 40.2 Å². The maximum Gasteiger partial charge on any atom is 0.264 e. The molecule has 0 heterocycles. The smallest absolute Gasteiger partial charge is 0.264 e. The molecule has 10 heteroatoms. The van der Waals surface area contributed by atoms with Crippen LogP contribution in [0.25, 0.3) is 0 Å². The van der Waals surface area contributed by atoms with Gasteiger partial charge in [0.2, 0.25) is 11.8 Å². The minimum atomic E-state index is -4.22. The van der Waals surface area contributed by atoms with E-state index in [-0.39, 0.29) is 28.4 Å². The monoisotopic (exact) mass is 513 g/mol. The van der Waals surface area contributed by atoms with Crippen molar-refractivity contribution in [2.45, 2.75) is 24.4 Å². The second-order valence-electron chi connectivity index (χ2n) is 7.90. The van der Waals surface area contributed by atoms with Crippen molar-refractivity contribution in [3.8, 4) is 5.75 Å². The van der Waals surface area contributed by atoms with Crippen LogP contribution in [0.3, 0.4) is 0 Å². The average Bonchev–Trinajstić information content (AvgIpc) is 2.90. The number of hydrogen-bond acceptors (Lipinski definition) is 5. The summed E-state index contributed by atoms with van der Waals surface area (Å²) in [6.07, 6.45) is 0. The quantitative estimate of drug-likeness (QED) is 0.449. The zero-order valence-electron chi connectivity index (χ0n) is 20.2. The molecule has 0 radical (unpaired) electrons. The van der Waals surface area contributed by atoms with E-state index in [2.05, 4.69) is 5.32 Å². The van der Waals surface area contributed by atoms with Crippen molar-refractivity contribution in [2.75, 3.05) is 25.0 Å². The van der Waals surface area contributed by atoms with Crippen molar-refractivity contribution in [3.05, 3.63) is 90.2 Å². The van der Waals surface area contributed by atoms with Gasteiger partial charge in [0.1, 0.15) is 24.2 Å². The number of ether oxygens (including phenoxy) is 1. The fourth-order valence-corrected chi connectivity index (χ4v) is 5.12. The first-order valence-corrected chi connectivity index (χ1v) is 12.6. The Morgan fingerprint density at radius 2 is 1.58 bits per heavy atom. The first-order valence-electron chi connectivity index (χ1n) is 11.2. The van der Waals surface area contributed by atoms with Gasteiger partial charge < -0.3 is 15.0 Å². The molecule has 0 unspecified atom stereocenters. The molecule has 36 heavy (non-hydrogen) atoms. The Labute approximate surface area is 210 Å². The fourth-order valence-electron chi connectivity index (χ4n) is 3.67. The van der Waals surface area contributed by atoms with Crippen molar-refractivity contribution in [2.24, 2.45) is 0 Å². The van der Waals surface area contributed by atoms with E-state index in [0.717, 1.165) is 9.21 Å². The van der Waals surface area contributed by atoms with Crippen LogP contribution in [0.4, 0.5) is 10.1 Å². The minimum absolute atomic E-state index is 0.0243. The van der Waals surface area contributed by atoms with Gasteiger partial charge in [-0.25, -0.2) is 12.8 Å². The molecule has 3 rings (SSSR count). The first kappa shape index (κ1) is 26.7. The number of benzene rings is 3. The highest BCUT2D eigenvalue weighted by Gasteiger charge is 2.33. The molecule has 2 amide bonds. The van der Waals surface area contributed by atoms with Gasteiger partial charge in [-0.2, -0.15) is 0 Å². The van der Waals surface area contributed by atoms with Crippen molar-refractivity contribution >= 4 is 27.5 Å². The van der Waals surface area contributed by atoms with Gasteiger partial charge >= 0.3 is 0 Å². The Kier molecular flexibility index (Phi) is 8.65. The fraction of sp³-hybridized carbons (Fsp3) is 0.231. The van der Waals surface area contributed by atoms with E-state index in [0.29, 0.717) is 0 Å². The molecule has 8 nitrogen and oxygen atoms in total. The number of nitrogens with one attached hydrogen (secondary N) is 1. The van der Waals surface area contributed by atoms with E-state index >= 15 is 0 Å². The number of rotatable bonds is 10. The molecule has 1 N–H and O–H groups in total. The second kappa shape index (κ2) is 11.7. The molecule has 0 aromatic heterocycles. The number of carbonyl (C=O) groups excluding carboxylic acids is 2. The standard InChI is InChI=1S/C26H28FN3O5S/c1-19(26(32)28-2)29(17-20-11-7-8-14-22(20)27)25(31)18-30(23-15-9-10-16-24(23)35-3)36(33,34)21-12-5-4-6-13-21/h4-16,19H,17-18H2,1-3H3,(H,28,32)/t19-/m0/s1. The van der Waals surface area contributed by atoms with Gasteiger partial charge in [-0.15, -0.1) is 0 Å². The third-order valence-corrected chi connectivity index (χ3v) is 7.45. The van der Waals surface area contributed by atoms with E-state index in [1.165, 1.54) is 57.5 Å². The van der Waals surface area contributed by atoms with Crippen molar-refractivity contribution < 1.29 is 27.1 Å². The Hall–Kier alpha value is -3.92. The number of halogens is 1. The lowest BCUT2D eigenvalue weighted by Crippen LogP contribution is -2.50. The molecule has 0 saturated carbocycles. The maximum atomic E-state index is 14.4. The van der Waals surface area contributed by atoms with Gasteiger partial charge in [-0.1, -0.05) is 48.5 Å². The number of amides is 2. The summed E-state index contributed by atoms with van der Waals surface area (Å²) in [6, 6.07) is 19.0. The molecule has 0 aliphatic rings. The summed E-state index contributed by atoms with van der Waals surface area (Å²) in [5, 5.41) is 2.48. The van der Waals surface area contributed by atoms with Gasteiger partial charge in [0.05, 0.1) is 17.7 Å². The summed E-state index contributed by atoms with van der Waals surface area (Å²) in [6.45, 7) is 0.620.